The molecule has 5 heteroatoms. The van der Waals surface area contributed by atoms with Crippen LogP contribution in [0.15, 0.2) is 18.2 Å². The van der Waals surface area contributed by atoms with Crippen molar-refractivity contribution in [3.63, 3.8) is 0 Å². The first-order valence-electron chi connectivity index (χ1n) is 4.74. The number of hydrogen-bond donors (Lipinski definition) is 1. The molecule has 0 heterocycles. The van der Waals surface area contributed by atoms with Gasteiger partial charge in [-0.25, -0.2) is 0 Å². The molecule has 1 rings (SSSR count). The summed E-state index contributed by atoms with van der Waals surface area (Å²) in [7, 11) is 1.62. The van der Waals surface area contributed by atoms with Crippen LogP contribution in [0.4, 0.5) is 13.2 Å². The molecular formula is C11H13ClF3N. The van der Waals surface area contributed by atoms with E-state index in [2.05, 4.69) is 5.32 Å². The third-order valence-corrected chi connectivity index (χ3v) is 2.82. The fraction of sp³-hybridized carbons (Fsp3) is 0.455. The van der Waals surface area contributed by atoms with E-state index < -0.39 is 17.3 Å². The van der Waals surface area contributed by atoms with Crippen LogP contribution in [0, 0.1) is 0 Å². The highest BCUT2D eigenvalue weighted by atomic mass is 35.5. The Morgan fingerprint density at radius 2 is 1.69 bits per heavy atom. The van der Waals surface area contributed by atoms with E-state index in [9.17, 15) is 13.2 Å². The number of benzene rings is 1. The van der Waals surface area contributed by atoms with Gasteiger partial charge in [-0.05, 0) is 38.6 Å². The Bertz CT molecular complexity index is 385. The second kappa shape index (κ2) is 4.26. The number of halogens is 4. The molecule has 0 fully saturated rings. The van der Waals surface area contributed by atoms with Crippen molar-refractivity contribution < 1.29 is 13.2 Å². The van der Waals surface area contributed by atoms with Crippen LogP contribution in [0.1, 0.15) is 25.0 Å². The Morgan fingerprint density at radius 3 is 2.12 bits per heavy atom. The summed E-state index contributed by atoms with van der Waals surface area (Å²) >= 11 is 5.60. The highest BCUT2D eigenvalue weighted by Crippen LogP contribution is 2.37. The van der Waals surface area contributed by atoms with Gasteiger partial charge >= 0.3 is 6.18 Å². The maximum Gasteiger partial charge on any atom is 0.416 e. The number of nitrogens with one attached hydrogen (secondary N) is 1. The largest absolute Gasteiger partial charge is 0.416 e. The third kappa shape index (κ3) is 2.68. The molecule has 0 amide bonds. The van der Waals surface area contributed by atoms with Gasteiger partial charge in [0.2, 0.25) is 0 Å². The molecule has 1 aromatic rings. The quantitative estimate of drug-likeness (QED) is 0.843. The first-order chi connectivity index (χ1) is 7.18. The van der Waals surface area contributed by atoms with Crippen molar-refractivity contribution in [3.05, 3.63) is 34.3 Å². The van der Waals surface area contributed by atoms with Gasteiger partial charge in [-0.1, -0.05) is 17.7 Å². The predicted octanol–water partition coefficient (Wildman–Crippen LogP) is 3.81. The zero-order chi connectivity index (χ0) is 12.6. The molecule has 0 spiro atoms. The lowest BCUT2D eigenvalue weighted by Crippen LogP contribution is -2.35. The summed E-state index contributed by atoms with van der Waals surface area (Å²) < 4.78 is 38.4. The fourth-order valence-corrected chi connectivity index (χ4v) is 1.60. The first kappa shape index (κ1) is 13.3. The van der Waals surface area contributed by atoms with Crippen LogP contribution in [-0.2, 0) is 11.7 Å². The van der Waals surface area contributed by atoms with Crippen molar-refractivity contribution in [3.8, 4) is 0 Å². The molecule has 0 aliphatic rings. The van der Waals surface area contributed by atoms with E-state index in [4.69, 9.17) is 11.6 Å². The topological polar surface area (TPSA) is 12.0 Å². The van der Waals surface area contributed by atoms with Gasteiger partial charge in [-0.3, -0.25) is 0 Å². The van der Waals surface area contributed by atoms with Gasteiger partial charge in [-0.2, -0.15) is 13.2 Å². The highest BCUT2D eigenvalue weighted by molar-refractivity contribution is 6.30. The lowest BCUT2D eigenvalue weighted by molar-refractivity contribution is -0.138. The summed E-state index contributed by atoms with van der Waals surface area (Å²) in [6.07, 6.45) is -4.39. The lowest BCUT2D eigenvalue weighted by Gasteiger charge is -2.28. The van der Waals surface area contributed by atoms with Gasteiger partial charge in [0.1, 0.15) is 0 Å². The van der Waals surface area contributed by atoms with E-state index in [1.807, 2.05) is 0 Å². The second-order valence-corrected chi connectivity index (χ2v) is 4.50. The molecule has 0 aromatic heterocycles. The highest BCUT2D eigenvalue weighted by Gasteiger charge is 2.37. The molecule has 1 N–H and O–H groups in total. The van der Waals surface area contributed by atoms with Crippen molar-refractivity contribution >= 4 is 11.6 Å². The first-order valence-corrected chi connectivity index (χ1v) is 5.12. The molecule has 1 nitrogen and oxygen atoms in total. The van der Waals surface area contributed by atoms with Gasteiger partial charge in [-0.15, -0.1) is 0 Å². The van der Waals surface area contributed by atoms with Crippen LogP contribution >= 0.6 is 11.6 Å². The van der Waals surface area contributed by atoms with Gasteiger partial charge in [0.05, 0.1) is 5.56 Å². The van der Waals surface area contributed by atoms with E-state index in [0.717, 1.165) is 6.07 Å². The molecule has 1 aromatic carbocycles. The molecule has 0 atom stereocenters. The smallest absolute Gasteiger partial charge is 0.311 e. The zero-order valence-corrected chi connectivity index (χ0v) is 10.00. The standard InChI is InChI=1S/C11H13ClF3N/c1-10(2,16-3)8-5-4-7(12)6-9(8)11(13,14)15/h4-6,16H,1-3H3. The molecule has 16 heavy (non-hydrogen) atoms. The molecule has 0 bridgehead atoms. The van der Waals surface area contributed by atoms with Crippen LogP contribution in [0.5, 0.6) is 0 Å². The van der Waals surface area contributed by atoms with Crippen LogP contribution in [-0.4, -0.2) is 7.05 Å². The number of hydrogen-bond acceptors (Lipinski definition) is 1. The molecule has 0 saturated carbocycles. The maximum absolute atomic E-state index is 12.8. The summed E-state index contributed by atoms with van der Waals surface area (Å²) in [5, 5.41) is 2.93. The monoisotopic (exact) mass is 251 g/mol. The van der Waals surface area contributed by atoms with Crippen molar-refractivity contribution in [2.45, 2.75) is 25.6 Å². The van der Waals surface area contributed by atoms with Crippen LogP contribution in [0.25, 0.3) is 0 Å². The van der Waals surface area contributed by atoms with Crippen molar-refractivity contribution in [1.82, 2.24) is 5.32 Å². The summed E-state index contributed by atoms with van der Waals surface area (Å²) in [4.78, 5) is 0. The average Bonchev–Trinajstić information content (AvgIpc) is 2.16. The molecule has 0 aliphatic heterocycles. The normalized spacial score (nSPS) is 12.9. The average molecular weight is 252 g/mol. The van der Waals surface area contributed by atoms with E-state index >= 15 is 0 Å². The summed E-state index contributed by atoms with van der Waals surface area (Å²) in [5.74, 6) is 0. The second-order valence-electron chi connectivity index (χ2n) is 4.06. The van der Waals surface area contributed by atoms with Gasteiger partial charge in [0.25, 0.3) is 0 Å². The van der Waals surface area contributed by atoms with E-state index in [-0.39, 0.29) is 10.6 Å². The van der Waals surface area contributed by atoms with Crippen molar-refractivity contribution in [2.24, 2.45) is 0 Å². The molecular weight excluding hydrogens is 239 g/mol. The summed E-state index contributed by atoms with van der Waals surface area (Å²) in [5.41, 5.74) is -1.26. The molecule has 0 unspecified atom stereocenters. The van der Waals surface area contributed by atoms with Gasteiger partial charge in [0, 0.05) is 10.6 Å². The third-order valence-electron chi connectivity index (χ3n) is 2.59. The number of alkyl halides is 3. The van der Waals surface area contributed by atoms with Crippen molar-refractivity contribution in [1.29, 1.82) is 0 Å². The zero-order valence-electron chi connectivity index (χ0n) is 9.24. The Hall–Kier alpha value is -0.740. The van der Waals surface area contributed by atoms with E-state index in [1.54, 1.807) is 20.9 Å². The molecule has 90 valence electrons. The van der Waals surface area contributed by atoms with Gasteiger partial charge < -0.3 is 5.32 Å². The Morgan fingerprint density at radius 1 is 1.12 bits per heavy atom. The van der Waals surface area contributed by atoms with E-state index in [1.165, 1.54) is 12.1 Å². The molecule has 0 saturated heterocycles. The van der Waals surface area contributed by atoms with Crippen LogP contribution < -0.4 is 5.32 Å². The minimum absolute atomic E-state index is 0.0861. The van der Waals surface area contributed by atoms with E-state index in [0.29, 0.717) is 0 Å². The van der Waals surface area contributed by atoms with Crippen LogP contribution in [0.2, 0.25) is 5.02 Å². The minimum atomic E-state index is -4.39. The van der Waals surface area contributed by atoms with Crippen molar-refractivity contribution in [2.75, 3.05) is 7.05 Å². The lowest BCUT2D eigenvalue weighted by atomic mass is 9.90. The number of rotatable bonds is 2. The predicted molar refractivity (Wildman–Crippen MR) is 58.5 cm³/mol. The SMILES string of the molecule is CNC(C)(C)c1ccc(Cl)cc1C(F)(F)F. The molecule has 0 radical (unpaired) electrons. The maximum atomic E-state index is 12.8. The fourth-order valence-electron chi connectivity index (χ4n) is 1.43. The molecule has 0 aliphatic carbocycles. The Labute approximate surface area is 97.6 Å². The minimum Gasteiger partial charge on any atom is -0.311 e. The summed E-state index contributed by atoms with van der Waals surface area (Å²) in [6, 6.07) is 3.82. The van der Waals surface area contributed by atoms with Crippen LogP contribution in [0.3, 0.4) is 0 Å². The summed E-state index contributed by atoms with van der Waals surface area (Å²) in [6.45, 7) is 3.37. The Balaban J connectivity index is 3.40. The Kier molecular flexibility index (Phi) is 3.55. The van der Waals surface area contributed by atoms with Gasteiger partial charge in [0.15, 0.2) is 0 Å².